The van der Waals surface area contributed by atoms with Crippen molar-refractivity contribution in [2.24, 2.45) is 0 Å². The number of aromatic nitrogens is 4. The Labute approximate surface area is 156 Å². The Balaban J connectivity index is 1.49. The number of nitrogens with zero attached hydrogens (tertiary/aromatic N) is 4. The molecule has 3 aromatic rings. The summed E-state index contributed by atoms with van der Waals surface area (Å²) in [5.74, 6) is -0.266. The molecule has 2 aromatic heterocycles. The summed E-state index contributed by atoms with van der Waals surface area (Å²) in [6.07, 6.45) is 7.35. The van der Waals surface area contributed by atoms with Gasteiger partial charge in [0.15, 0.2) is 0 Å². The first-order chi connectivity index (χ1) is 13.1. The number of hydrogen-bond donors (Lipinski definition) is 2. The lowest BCUT2D eigenvalue weighted by atomic mass is 10.1. The van der Waals surface area contributed by atoms with Crippen molar-refractivity contribution in [2.45, 2.75) is 25.8 Å². The van der Waals surface area contributed by atoms with E-state index in [1.165, 1.54) is 17.3 Å². The fourth-order valence-electron chi connectivity index (χ4n) is 2.45. The maximum absolute atomic E-state index is 12.2. The van der Waals surface area contributed by atoms with Crippen LogP contribution in [0.3, 0.4) is 0 Å². The Kier molecular flexibility index (Phi) is 5.88. The average Bonchev–Trinajstić information content (AvgIpc) is 3.23. The van der Waals surface area contributed by atoms with Gasteiger partial charge < -0.3 is 10.6 Å². The molecule has 27 heavy (non-hydrogen) atoms. The molecule has 138 valence electrons. The van der Waals surface area contributed by atoms with Crippen LogP contribution in [-0.4, -0.2) is 31.6 Å². The van der Waals surface area contributed by atoms with Crippen LogP contribution in [0.5, 0.6) is 0 Å². The minimum absolute atomic E-state index is 0.0663. The summed E-state index contributed by atoms with van der Waals surface area (Å²) < 4.78 is 1.48. The topological polar surface area (TPSA) is 102 Å². The van der Waals surface area contributed by atoms with Gasteiger partial charge >= 0.3 is 0 Å². The molecule has 0 spiro atoms. The lowest BCUT2D eigenvalue weighted by Crippen LogP contribution is -2.24. The zero-order valence-corrected chi connectivity index (χ0v) is 14.9. The monoisotopic (exact) mass is 364 g/mol. The molecule has 0 saturated heterocycles. The van der Waals surface area contributed by atoms with E-state index < -0.39 is 6.04 Å². The van der Waals surface area contributed by atoms with Gasteiger partial charge in [-0.2, -0.15) is 5.10 Å². The SMILES string of the molecule is CC(C(=O)Nc1ccc(NC(=O)CCc2ccncc2)cc1)n1cncn1. The highest BCUT2D eigenvalue weighted by Gasteiger charge is 2.15. The Hall–Kier alpha value is -3.55. The zero-order chi connectivity index (χ0) is 19.1. The van der Waals surface area contributed by atoms with E-state index in [1.54, 1.807) is 43.6 Å². The molecule has 2 amide bonds. The molecular formula is C19H20N6O2. The molecule has 0 fully saturated rings. The molecule has 0 saturated carbocycles. The lowest BCUT2D eigenvalue weighted by molar-refractivity contribution is -0.119. The third-order valence-corrected chi connectivity index (χ3v) is 4.04. The van der Waals surface area contributed by atoms with Crippen LogP contribution < -0.4 is 10.6 Å². The van der Waals surface area contributed by atoms with Crippen LogP contribution in [0.4, 0.5) is 11.4 Å². The smallest absolute Gasteiger partial charge is 0.249 e. The van der Waals surface area contributed by atoms with Gasteiger partial charge in [0, 0.05) is 30.2 Å². The third-order valence-electron chi connectivity index (χ3n) is 4.04. The predicted molar refractivity (Wildman–Crippen MR) is 101 cm³/mol. The number of amides is 2. The van der Waals surface area contributed by atoms with Crippen LogP contribution in [0.15, 0.2) is 61.4 Å². The van der Waals surface area contributed by atoms with Crippen molar-refractivity contribution in [3.63, 3.8) is 0 Å². The van der Waals surface area contributed by atoms with Crippen LogP contribution in [-0.2, 0) is 16.0 Å². The van der Waals surface area contributed by atoms with Crippen molar-refractivity contribution < 1.29 is 9.59 Å². The molecule has 2 N–H and O–H groups in total. The molecule has 0 aliphatic heterocycles. The summed E-state index contributed by atoms with van der Waals surface area (Å²) in [6, 6.07) is 10.3. The highest BCUT2D eigenvalue weighted by Crippen LogP contribution is 2.16. The normalized spacial score (nSPS) is 11.6. The molecule has 1 unspecified atom stereocenters. The van der Waals surface area contributed by atoms with E-state index in [-0.39, 0.29) is 11.8 Å². The number of benzene rings is 1. The Morgan fingerprint density at radius 2 is 1.67 bits per heavy atom. The van der Waals surface area contributed by atoms with Crippen molar-refractivity contribution in [1.29, 1.82) is 0 Å². The van der Waals surface area contributed by atoms with E-state index in [0.29, 0.717) is 24.2 Å². The van der Waals surface area contributed by atoms with E-state index in [4.69, 9.17) is 0 Å². The molecule has 8 heteroatoms. The summed E-state index contributed by atoms with van der Waals surface area (Å²) in [6.45, 7) is 1.74. The van der Waals surface area contributed by atoms with Gasteiger partial charge in [-0.05, 0) is 55.3 Å². The van der Waals surface area contributed by atoms with Crippen molar-refractivity contribution in [2.75, 3.05) is 10.6 Å². The number of carbonyl (C=O) groups excluding carboxylic acids is 2. The Morgan fingerprint density at radius 3 is 2.30 bits per heavy atom. The molecular weight excluding hydrogens is 344 g/mol. The predicted octanol–water partition coefficient (Wildman–Crippen LogP) is 2.44. The zero-order valence-electron chi connectivity index (χ0n) is 14.9. The number of pyridine rings is 1. The average molecular weight is 364 g/mol. The van der Waals surface area contributed by atoms with Gasteiger partial charge in [-0.15, -0.1) is 0 Å². The number of carbonyl (C=O) groups is 2. The van der Waals surface area contributed by atoms with E-state index in [9.17, 15) is 9.59 Å². The van der Waals surface area contributed by atoms with Gasteiger partial charge in [-0.25, -0.2) is 9.67 Å². The molecule has 0 aliphatic carbocycles. The van der Waals surface area contributed by atoms with Crippen molar-refractivity contribution in [3.05, 3.63) is 67.0 Å². The molecule has 1 aromatic carbocycles. The first kappa shape index (κ1) is 18.2. The summed E-state index contributed by atoms with van der Waals surface area (Å²) in [5.41, 5.74) is 2.39. The Bertz CT molecular complexity index is 878. The minimum Gasteiger partial charge on any atom is -0.326 e. The van der Waals surface area contributed by atoms with Gasteiger partial charge in [-0.3, -0.25) is 14.6 Å². The largest absolute Gasteiger partial charge is 0.326 e. The Morgan fingerprint density at radius 1 is 1.00 bits per heavy atom. The van der Waals surface area contributed by atoms with Crippen molar-refractivity contribution in [1.82, 2.24) is 19.7 Å². The maximum Gasteiger partial charge on any atom is 0.249 e. The van der Waals surface area contributed by atoms with E-state index >= 15 is 0 Å². The van der Waals surface area contributed by atoms with E-state index in [0.717, 1.165) is 5.56 Å². The maximum atomic E-state index is 12.2. The number of aryl methyl sites for hydroxylation is 1. The lowest BCUT2D eigenvalue weighted by Gasteiger charge is -2.12. The minimum atomic E-state index is -0.472. The van der Waals surface area contributed by atoms with Crippen LogP contribution in [0, 0.1) is 0 Å². The summed E-state index contributed by atoms with van der Waals surface area (Å²) in [4.78, 5) is 32.1. The highest BCUT2D eigenvalue weighted by atomic mass is 16.2. The molecule has 3 rings (SSSR count). The first-order valence-corrected chi connectivity index (χ1v) is 8.55. The second kappa shape index (κ2) is 8.70. The van der Waals surface area contributed by atoms with Crippen molar-refractivity contribution in [3.8, 4) is 0 Å². The molecule has 0 bridgehead atoms. The van der Waals surface area contributed by atoms with Gasteiger partial charge in [0.1, 0.15) is 18.7 Å². The highest BCUT2D eigenvalue weighted by molar-refractivity contribution is 5.94. The van der Waals surface area contributed by atoms with Gasteiger partial charge in [-0.1, -0.05) is 0 Å². The molecule has 0 aliphatic rings. The number of hydrogen-bond acceptors (Lipinski definition) is 5. The van der Waals surface area contributed by atoms with Crippen LogP contribution in [0.1, 0.15) is 24.9 Å². The number of anilines is 2. The quantitative estimate of drug-likeness (QED) is 0.670. The summed E-state index contributed by atoms with van der Waals surface area (Å²) in [5, 5.41) is 9.62. The third kappa shape index (κ3) is 5.21. The summed E-state index contributed by atoms with van der Waals surface area (Å²) in [7, 11) is 0. The fraction of sp³-hybridized carbons (Fsp3) is 0.211. The van der Waals surface area contributed by atoms with Gasteiger partial charge in [0.2, 0.25) is 11.8 Å². The van der Waals surface area contributed by atoms with Gasteiger partial charge in [0.25, 0.3) is 0 Å². The van der Waals surface area contributed by atoms with Crippen LogP contribution in [0.25, 0.3) is 0 Å². The fourth-order valence-corrected chi connectivity index (χ4v) is 2.45. The second-order valence-corrected chi connectivity index (χ2v) is 6.02. The molecule has 0 radical (unpaired) electrons. The van der Waals surface area contributed by atoms with Gasteiger partial charge in [0.05, 0.1) is 0 Å². The van der Waals surface area contributed by atoms with Crippen LogP contribution >= 0.6 is 0 Å². The standard InChI is InChI=1S/C19H20N6O2/c1-14(25-13-21-12-22-25)19(27)24-17-5-3-16(4-6-17)23-18(26)7-2-15-8-10-20-11-9-15/h3-6,8-14H,2,7H2,1H3,(H,23,26)(H,24,27). The van der Waals surface area contributed by atoms with E-state index in [2.05, 4.69) is 25.7 Å². The summed E-state index contributed by atoms with van der Waals surface area (Å²) >= 11 is 0. The molecule has 1 atom stereocenters. The van der Waals surface area contributed by atoms with E-state index in [1.807, 2.05) is 12.1 Å². The first-order valence-electron chi connectivity index (χ1n) is 8.55. The number of nitrogens with one attached hydrogen (secondary N) is 2. The molecule has 8 nitrogen and oxygen atoms in total. The second-order valence-electron chi connectivity index (χ2n) is 6.02. The molecule has 2 heterocycles. The van der Waals surface area contributed by atoms with Crippen LogP contribution in [0.2, 0.25) is 0 Å². The van der Waals surface area contributed by atoms with Crippen molar-refractivity contribution >= 4 is 23.2 Å². The number of rotatable bonds is 7.